The number of hydrogen-bond acceptors (Lipinski definition) is 2. The first-order valence-corrected chi connectivity index (χ1v) is 6.94. The van der Waals surface area contributed by atoms with Gasteiger partial charge in [0.2, 0.25) is 0 Å². The highest BCUT2D eigenvalue weighted by Crippen LogP contribution is 2.34. The van der Waals surface area contributed by atoms with Crippen LogP contribution in [0.15, 0.2) is 24.3 Å². The van der Waals surface area contributed by atoms with Crippen LogP contribution in [0.1, 0.15) is 43.7 Å². The Morgan fingerprint density at radius 2 is 1.89 bits per heavy atom. The van der Waals surface area contributed by atoms with Gasteiger partial charge in [0, 0.05) is 12.5 Å². The lowest BCUT2D eigenvalue weighted by Gasteiger charge is -2.32. The van der Waals surface area contributed by atoms with E-state index in [1.54, 1.807) is 7.11 Å². The van der Waals surface area contributed by atoms with Crippen molar-refractivity contribution in [3.63, 3.8) is 0 Å². The minimum absolute atomic E-state index is 0.0935. The SMILES string of the molecule is COCC(C)(C)c1ccccc1C1CCNCC1. The molecule has 1 heterocycles. The average molecular weight is 247 g/mol. The van der Waals surface area contributed by atoms with Crippen LogP contribution in [0, 0.1) is 0 Å². The van der Waals surface area contributed by atoms with Gasteiger partial charge in [0.25, 0.3) is 0 Å². The molecule has 0 atom stereocenters. The van der Waals surface area contributed by atoms with Crippen molar-refractivity contribution in [2.75, 3.05) is 26.8 Å². The molecule has 2 nitrogen and oxygen atoms in total. The monoisotopic (exact) mass is 247 g/mol. The third kappa shape index (κ3) is 2.93. The van der Waals surface area contributed by atoms with E-state index in [1.807, 2.05) is 0 Å². The summed E-state index contributed by atoms with van der Waals surface area (Å²) in [5.41, 5.74) is 3.08. The predicted molar refractivity (Wildman–Crippen MR) is 76.2 cm³/mol. The Morgan fingerprint density at radius 1 is 1.22 bits per heavy atom. The van der Waals surface area contributed by atoms with Crippen LogP contribution in [-0.4, -0.2) is 26.8 Å². The zero-order chi connectivity index (χ0) is 13.0. The van der Waals surface area contributed by atoms with Crippen LogP contribution in [-0.2, 0) is 10.2 Å². The number of methoxy groups -OCH3 is 1. The lowest BCUT2D eigenvalue weighted by molar-refractivity contribution is 0.146. The second-order valence-electron chi connectivity index (χ2n) is 5.93. The van der Waals surface area contributed by atoms with Crippen molar-refractivity contribution in [1.29, 1.82) is 0 Å². The van der Waals surface area contributed by atoms with Crippen molar-refractivity contribution in [3.05, 3.63) is 35.4 Å². The van der Waals surface area contributed by atoms with Gasteiger partial charge in [0.15, 0.2) is 0 Å². The topological polar surface area (TPSA) is 21.3 Å². The fourth-order valence-electron chi connectivity index (χ4n) is 3.04. The zero-order valence-electron chi connectivity index (χ0n) is 11.8. The van der Waals surface area contributed by atoms with E-state index in [9.17, 15) is 0 Å². The van der Waals surface area contributed by atoms with Gasteiger partial charge in [-0.25, -0.2) is 0 Å². The van der Waals surface area contributed by atoms with E-state index in [0.717, 1.165) is 19.7 Å². The number of benzene rings is 1. The van der Waals surface area contributed by atoms with E-state index in [0.29, 0.717) is 5.92 Å². The molecule has 2 rings (SSSR count). The molecule has 1 aromatic carbocycles. The largest absolute Gasteiger partial charge is 0.384 e. The number of ether oxygens (including phenoxy) is 1. The molecular formula is C16H25NO. The van der Waals surface area contributed by atoms with Gasteiger partial charge in [-0.1, -0.05) is 38.1 Å². The fraction of sp³-hybridized carbons (Fsp3) is 0.625. The molecule has 0 aromatic heterocycles. The molecule has 1 aliphatic rings. The van der Waals surface area contributed by atoms with E-state index >= 15 is 0 Å². The molecule has 0 unspecified atom stereocenters. The van der Waals surface area contributed by atoms with Gasteiger partial charge in [-0.05, 0) is 43.0 Å². The fourth-order valence-corrected chi connectivity index (χ4v) is 3.04. The lowest BCUT2D eigenvalue weighted by atomic mass is 9.77. The normalized spacial score (nSPS) is 17.9. The first-order chi connectivity index (χ1) is 8.65. The van der Waals surface area contributed by atoms with Gasteiger partial charge in [-0.2, -0.15) is 0 Å². The lowest BCUT2D eigenvalue weighted by Crippen LogP contribution is -2.30. The van der Waals surface area contributed by atoms with E-state index in [2.05, 4.69) is 43.4 Å². The molecule has 100 valence electrons. The molecular weight excluding hydrogens is 222 g/mol. The minimum atomic E-state index is 0.0935. The Hall–Kier alpha value is -0.860. The van der Waals surface area contributed by atoms with Gasteiger partial charge >= 0.3 is 0 Å². The van der Waals surface area contributed by atoms with E-state index < -0.39 is 0 Å². The molecule has 0 bridgehead atoms. The Kier molecular flexibility index (Phi) is 4.41. The Bertz CT molecular complexity index is 380. The van der Waals surface area contributed by atoms with Gasteiger partial charge in [0.1, 0.15) is 0 Å². The summed E-state index contributed by atoms with van der Waals surface area (Å²) in [5.74, 6) is 0.707. The molecule has 0 aliphatic carbocycles. The Morgan fingerprint density at radius 3 is 2.56 bits per heavy atom. The van der Waals surface area contributed by atoms with E-state index in [4.69, 9.17) is 4.74 Å². The molecule has 1 fully saturated rings. The van der Waals surface area contributed by atoms with Gasteiger partial charge in [-0.15, -0.1) is 0 Å². The van der Waals surface area contributed by atoms with E-state index in [-0.39, 0.29) is 5.41 Å². The van der Waals surface area contributed by atoms with Crippen LogP contribution in [0.25, 0.3) is 0 Å². The summed E-state index contributed by atoms with van der Waals surface area (Å²) in [4.78, 5) is 0. The highest BCUT2D eigenvalue weighted by molar-refractivity contribution is 5.36. The maximum absolute atomic E-state index is 5.39. The van der Waals surface area contributed by atoms with Crippen molar-refractivity contribution >= 4 is 0 Å². The van der Waals surface area contributed by atoms with E-state index in [1.165, 1.54) is 24.0 Å². The molecule has 0 radical (unpaired) electrons. The standard InChI is InChI=1S/C16H25NO/c1-16(2,12-18-3)15-7-5-4-6-14(15)13-8-10-17-11-9-13/h4-7,13,17H,8-12H2,1-3H3. The maximum Gasteiger partial charge on any atom is 0.0553 e. The minimum Gasteiger partial charge on any atom is -0.384 e. The molecule has 18 heavy (non-hydrogen) atoms. The van der Waals surface area contributed by atoms with Gasteiger partial charge in [0.05, 0.1) is 6.61 Å². The maximum atomic E-state index is 5.39. The van der Waals surface area contributed by atoms with Crippen LogP contribution >= 0.6 is 0 Å². The molecule has 1 aromatic rings. The van der Waals surface area contributed by atoms with Crippen molar-refractivity contribution < 1.29 is 4.74 Å². The van der Waals surface area contributed by atoms with Gasteiger partial charge < -0.3 is 10.1 Å². The first kappa shape index (κ1) is 13.6. The number of hydrogen-bond donors (Lipinski definition) is 1. The third-order valence-corrected chi connectivity index (χ3v) is 3.97. The summed E-state index contributed by atoms with van der Waals surface area (Å²) in [6.07, 6.45) is 2.50. The van der Waals surface area contributed by atoms with Crippen LogP contribution < -0.4 is 5.32 Å². The van der Waals surface area contributed by atoms with Crippen LogP contribution in [0.3, 0.4) is 0 Å². The van der Waals surface area contributed by atoms with Crippen molar-refractivity contribution in [2.24, 2.45) is 0 Å². The molecule has 0 spiro atoms. The predicted octanol–water partition coefficient (Wildman–Crippen LogP) is 3.08. The summed E-state index contributed by atoms with van der Waals surface area (Å²) in [6.45, 7) is 7.61. The smallest absolute Gasteiger partial charge is 0.0553 e. The number of rotatable bonds is 4. The first-order valence-electron chi connectivity index (χ1n) is 6.94. The Balaban J connectivity index is 2.29. The summed E-state index contributed by atoms with van der Waals surface area (Å²) < 4.78 is 5.39. The summed E-state index contributed by atoms with van der Waals surface area (Å²) in [6, 6.07) is 8.90. The average Bonchev–Trinajstić information content (AvgIpc) is 2.40. The summed E-state index contributed by atoms with van der Waals surface area (Å²) in [5, 5.41) is 3.44. The molecule has 2 heteroatoms. The Labute approximate surface area is 111 Å². The highest BCUT2D eigenvalue weighted by atomic mass is 16.5. The van der Waals surface area contributed by atoms with Crippen molar-refractivity contribution in [2.45, 2.75) is 38.0 Å². The quantitative estimate of drug-likeness (QED) is 0.883. The van der Waals surface area contributed by atoms with Crippen LogP contribution in [0.5, 0.6) is 0 Å². The summed E-state index contributed by atoms with van der Waals surface area (Å²) in [7, 11) is 1.79. The highest BCUT2D eigenvalue weighted by Gasteiger charge is 2.27. The molecule has 0 saturated carbocycles. The third-order valence-electron chi connectivity index (χ3n) is 3.97. The summed E-state index contributed by atoms with van der Waals surface area (Å²) >= 11 is 0. The van der Waals surface area contributed by atoms with Crippen LogP contribution in [0.4, 0.5) is 0 Å². The van der Waals surface area contributed by atoms with Gasteiger partial charge in [-0.3, -0.25) is 0 Å². The molecule has 0 amide bonds. The molecule has 1 saturated heterocycles. The number of nitrogens with one attached hydrogen (secondary N) is 1. The van der Waals surface area contributed by atoms with Crippen LogP contribution in [0.2, 0.25) is 0 Å². The van der Waals surface area contributed by atoms with Crippen molar-refractivity contribution in [3.8, 4) is 0 Å². The second-order valence-corrected chi connectivity index (χ2v) is 5.93. The molecule has 1 N–H and O–H groups in total. The zero-order valence-corrected chi connectivity index (χ0v) is 11.8. The van der Waals surface area contributed by atoms with Crippen molar-refractivity contribution in [1.82, 2.24) is 5.32 Å². The second kappa shape index (κ2) is 5.85. The molecule has 1 aliphatic heterocycles. The number of piperidine rings is 1.